The van der Waals surface area contributed by atoms with E-state index in [4.69, 9.17) is 14.2 Å². The third-order valence-electron chi connectivity index (χ3n) is 5.84. The van der Waals surface area contributed by atoms with Gasteiger partial charge in [-0.05, 0) is 47.7 Å². The summed E-state index contributed by atoms with van der Waals surface area (Å²) in [6, 6.07) is 22.0. The quantitative estimate of drug-likeness (QED) is 0.371. The molecule has 0 unspecified atom stereocenters. The second-order valence-electron chi connectivity index (χ2n) is 7.96. The molecule has 0 bridgehead atoms. The summed E-state index contributed by atoms with van der Waals surface area (Å²) in [7, 11) is 6.90. The summed E-state index contributed by atoms with van der Waals surface area (Å²) in [5, 5.41) is 12.8. The highest BCUT2D eigenvalue weighted by Gasteiger charge is 2.28. The molecule has 0 aliphatic rings. The van der Waals surface area contributed by atoms with Crippen LogP contribution in [0.4, 0.5) is 0 Å². The third-order valence-corrected chi connectivity index (χ3v) is 5.84. The van der Waals surface area contributed by atoms with Crippen LogP contribution in [0.1, 0.15) is 28.6 Å². The Morgan fingerprint density at radius 3 is 2.24 bits per heavy atom. The van der Waals surface area contributed by atoms with Crippen LogP contribution in [0.15, 0.2) is 66.7 Å². The van der Waals surface area contributed by atoms with Crippen molar-refractivity contribution < 1.29 is 14.2 Å². The van der Waals surface area contributed by atoms with Gasteiger partial charge in [0.25, 0.3) is 0 Å². The summed E-state index contributed by atoms with van der Waals surface area (Å²) in [5.74, 6) is 2.55. The summed E-state index contributed by atoms with van der Waals surface area (Å²) in [5.41, 5.74) is 4.07. The van der Waals surface area contributed by atoms with Crippen LogP contribution in [0.5, 0.6) is 17.2 Å². The molecule has 1 aromatic heterocycles. The normalized spacial score (nSPS) is 11.9. The lowest BCUT2D eigenvalue weighted by atomic mass is 10.0. The van der Waals surface area contributed by atoms with Crippen molar-refractivity contribution in [2.45, 2.75) is 19.5 Å². The lowest BCUT2D eigenvalue weighted by Gasteiger charge is -2.28. The second-order valence-corrected chi connectivity index (χ2v) is 7.96. The molecule has 0 aliphatic carbocycles. The van der Waals surface area contributed by atoms with E-state index in [2.05, 4.69) is 45.5 Å². The predicted molar refractivity (Wildman–Crippen MR) is 130 cm³/mol. The topological polar surface area (TPSA) is 74.5 Å². The van der Waals surface area contributed by atoms with Crippen LogP contribution in [0.3, 0.4) is 0 Å². The van der Waals surface area contributed by atoms with Gasteiger partial charge in [0, 0.05) is 12.1 Å². The summed E-state index contributed by atoms with van der Waals surface area (Å²) < 4.78 is 18.6. The molecule has 1 atom stereocenters. The summed E-state index contributed by atoms with van der Waals surface area (Å²) >= 11 is 0. The van der Waals surface area contributed by atoms with Crippen LogP contribution in [0, 0.1) is 6.92 Å². The zero-order chi connectivity index (χ0) is 24.1. The van der Waals surface area contributed by atoms with Gasteiger partial charge in [0.1, 0.15) is 0 Å². The molecule has 0 amide bonds. The zero-order valence-corrected chi connectivity index (χ0v) is 20.1. The minimum Gasteiger partial charge on any atom is -0.493 e. The molecule has 176 valence electrons. The number of tetrazole rings is 1. The van der Waals surface area contributed by atoms with Crippen LogP contribution in [0.25, 0.3) is 5.69 Å². The van der Waals surface area contributed by atoms with E-state index in [9.17, 15) is 0 Å². The first-order valence-corrected chi connectivity index (χ1v) is 11.0. The molecule has 34 heavy (non-hydrogen) atoms. The summed E-state index contributed by atoms with van der Waals surface area (Å²) in [6.07, 6.45) is 0. The van der Waals surface area contributed by atoms with E-state index >= 15 is 0 Å². The fourth-order valence-corrected chi connectivity index (χ4v) is 4.22. The smallest absolute Gasteiger partial charge is 0.203 e. The maximum Gasteiger partial charge on any atom is 0.203 e. The Hall–Kier alpha value is -3.91. The van der Waals surface area contributed by atoms with Crippen LogP contribution in [-0.4, -0.2) is 53.5 Å². The highest BCUT2D eigenvalue weighted by Crippen LogP contribution is 2.41. The average Bonchev–Trinajstić information content (AvgIpc) is 3.33. The lowest BCUT2D eigenvalue weighted by Crippen LogP contribution is -2.28. The van der Waals surface area contributed by atoms with Crippen molar-refractivity contribution in [2.24, 2.45) is 0 Å². The Labute approximate surface area is 199 Å². The molecule has 0 saturated heterocycles. The van der Waals surface area contributed by atoms with Gasteiger partial charge in [-0.1, -0.05) is 54.6 Å². The Balaban J connectivity index is 1.78. The van der Waals surface area contributed by atoms with E-state index in [1.807, 2.05) is 60.3 Å². The van der Waals surface area contributed by atoms with Gasteiger partial charge < -0.3 is 14.2 Å². The molecule has 4 rings (SSSR count). The number of ether oxygens (including phenoxy) is 3. The molecule has 0 spiro atoms. The number of rotatable bonds is 9. The maximum atomic E-state index is 5.72. The molecule has 8 nitrogen and oxygen atoms in total. The molecule has 0 radical (unpaired) electrons. The van der Waals surface area contributed by atoms with Crippen molar-refractivity contribution >= 4 is 0 Å². The van der Waals surface area contributed by atoms with Crippen molar-refractivity contribution in [1.29, 1.82) is 0 Å². The maximum absolute atomic E-state index is 5.72. The molecular formula is C26H29N5O3. The van der Waals surface area contributed by atoms with E-state index < -0.39 is 0 Å². The number of aromatic nitrogens is 4. The SMILES string of the molecule is COc1ccc(CN(C)[C@@H](c2ccccc2)c2nnnn2-c2ccccc2C)c(OC)c1OC. The van der Waals surface area contributed by atoms with Crippen molar-refractivity contribution in [1.82, 2.24) is 25.1 Å². The Kier molecular flexibility index (Phi) is 7.08. The van der Waals surface area contributed by atoms with Crippen LogP contribution < -0.4 is 14.2 Å². The van der Waals surface area contributed by atoms with E-state index in [0.29, 0.717) is 23.8 Å². The number of nitrogens with zero attached hydrogens (tertiary/aromatic N) is 5. The third kappa shape index (κ3) is 4.45. The monoisotopic (exact) mass is 459 g/mol. The molecule has 3 aromatic carbocycles. The molecule has 0 saturated carbocycles. The lowest BCUT2D eigenvalue weighted by molar-refractivity contribution is 0.251. The van der Waals surface area contributed by atoms with Gasteiger partial charge in [-0.25, -0.2) is 0 Å². The summed E-state index contributed by atoms with van der Waals surface area (Å²) in [6.45, 7) is 2.61. The first-order valence-electron chi connectivity index (χ1n) is 11.0. The van der Waals surface area contributed by atoms with Gasteiger partial charge in [-0.2, -0.15) is 4.68 Å². The average molecular weight is 460 g/mol. The van der Waals surface area contributed by atoms with Crippen molar-refractivity contribution in [3.8, 4) is 22.9 Å². The van der Waals surface area contributed by atoms with Gasteiger partial charge >= 0.3 is 0 Å². The molecule has 1 heterocycles. The van der Waals surface area contributed by atoms with E-state index in [1.165, 1.54) is 0 Å². The minimum atomic E-state index is -0.214. The van der Waals surface area contributed by atoms with Gasteiger partial charge in [-0.3, -0.25) is 4.90 Å². The van der Waals surface area contributed by atoms with Crippen molar-refractivity contribution in [3.63, 3.8) is 0 Å². The molecule has 8 heteroatoms. The van der Waals surface area contributed by atoms with Gasteiger partial charge in [-0.15, -0.1) is 5.10 Å². The number of benzene rings is 3. The highest BCUT2D eigenvalue weighted by molar-refractivity contribution is 5.55. The van der Waals surface area contributed by atoms with Crippen molar-refractivity contribution in [3.05, 3.63) is 89.2 Å². The van der Waals surface area contributed by atoms with E-state index in [-0.39, 0.29) is 6.04 Å². The number of hydrogen-bond acceptors (Lipinski definition) is 7. The number of methoxy groups -OCH3 is 3. The molecule has 0 N–H and O–H groups in total. The number of aryl methyl sites for hydroxylation is 1. The molecular weight excluding hydrogens is 430 g/mol. The van der Waals surface area contributed by atoms with Gasteiger partial charge in [0.2, 0.25) is 5.75 Å². The van der Waals surface area contributed by atoms with Crippen LogP contribution in [-0.2, 0) is 6.54 Å². The molecule has 0 aliphatic heterocycles. The Morgan fingerprint density at radius 1 is 0.853 bits per heavy atom. The first kappa shape index (κ1) is 23.3. The molecule has 4 aromatic rings. The standard InChI is InChI=1S/C26H29N5O3/c1-18-11-9-10-14-21(18)31-26(27-28-29-31)23(19-12-7-6-8-13-19)30(2)17-20-15-16-22(32-3)25(34-5)24(20)33-4/h6-16,23H,17H2,1-5H3/t23-/m0/s1. The van der Waals surface area contributed by atoms with E-state index in [1.54, 1.807) is 21.3 Å². The Morgan fingerprint density at radius 2 is 1.56 bits per heavy atom. The summed E-state index contributed by atoms with van der Waals surface area (Å²) in [4.78, 5) is 2.19. The van der Waals surface area contributed by atoms with Crippen LogP contribution >= 0.6 is 0 Å². The highest BCUT2D eigenvalue weighted by atomic mass is 16.5. The molecule has 0 fully saturated rings. The number of para-hydroxylation sites is 1. The largest absolute Gasteiger partial charge is 0.493 e. The second kappa shape index (κ2) is 10.4. The Bertz CT molecular complexity index is 1240. The minimum absolute atomic E-state index is 0.214. The fourth-order valence-electron chi connectivity index (χ4n) is 4.22. The predicted octanol–water partition coefficient (Wildman–Crippen LogP) is 4.22. The van der Waals surface area contributed by atoms with Gasteiger partial charge in [0.15, 0.2) is 17.3 Å². The van der Waals surface area contributed by atoms with Crippen molar-refractivity contribution in [2.75, 3.05) is 28.4 Å². The fraction of sp³-hybridized carbons (Fsp3) is 0.269. The first-order chi connectivity index (χ1) is 16.6. The van der Waals surface area contributed by atoms with Crippen LogP contribution in [0.2, 0.25) is 0 Å². The van der Waals surface area contributed by atoms with Gasteiger partial charge in [0.05, 0.1) is 33.1 Å². The zero-order valence-electron chi connectivity index (χ0n) is 20.1. The van der Waals surface area contributed by atoms with E-state index in [0.717, 1.165) is 28.2 Å². The number of hydrogen-bond donors (Lipinski definition) is 0.